The van der Waals surface area contributed by atoms with Gasteiger partial charge in [0.15, 0.2) is 22.5 Å². The highest BCUT2D eigenvalue weighted by Gasteiger charge is 2.17. The van der Waals surface area contributed by atoms with E-state index in [1.165, 1.54) is 30.0 Å². The van der Waals surface area contributed by atoms with Gasteiger partial charge < -0.3 is 10.1 Å². The molecular weight excluding hydrogens is 446 g/mol. The van der Waals surface area contributed by atoms with Crippen molar-refractivity contribution in [2.45, 2.75) is 18.7 Å². The molecule has 0 saturated heterocycles. The third kappa shape index (κ3) is 5.56. The Labute approximate surface area is 193 Å². The van der Waals surface area contributed by atoms with E-state index in [-0.39, 0.29) is 29.8 Å². The van der Waals surface area contributed by atoms with Crippen molar-refractivity contribution in [2.75, 3.05) is 11.1 Å². The minimum absolute atomic E-state index is 0.0156. The predicted octanol–water partition coefficient (Wildman–Crippen LogP) is 5.16. The van der Waals surface area contributed by atoms with Gasteiger partial charge >= 0.3 is 0 Å². The van der Waals surface area contributed by atoms with Gasteiger partial charge in [-0.25, -0.2) is 8.78 Å². The molecule has 33 heavy (non-hydrogen) atoms. The van der Waals surface area contributed by atoms with Crippen molar-refractivity contribution in [3.05, 3.63) is 95.8 Å². The van der Waals surface area contributed by atoms with Crippen molar-refractivity contribution in [3.8, 4) is 11.4 Å². The molecule has 168 valence electrons. The van der Waals surface area contributed by atoms with Crippen LogP contribution in [-0.4, -0.2) is 26.4 Å². The molecule has 6 nitrogen and oxygen atoms in total. The molecule has 0 fully saturated rings. The second kappa shape index (κ2) is 10.3. The molecule has 0 atom stereocenters. The van der Waals surface area contributed by atoms with E-state index >= 15 is 0 Å². The minimum atomic E-state index is -0.470. The lowest BCUT2D eigenvalue weighted by Crippen LogP contribution is -2.15. The van der Waals surface area contributed by atoms with E-state index in [1.807, 2.05) is 30.3 Å². The second-order valence-corrected chi connectivity index (χ2v) is 8.03. The summed E-state index contributed by atoms with van der Waals surface area (Å²) in [5.41, 5.74) is 1.66. The number of halogens is 2. The quantitative estimate of drug-likeness (QED) is 0.363. The van der Waals surface area contributed by atoms with Gasteiger partial charge in [-0.1, -0.05) is 48.2 Å². The van der Waals surface area contributed by atoms with Crippen molar-refractivity contribution in [1.82, 2.24) is 14.8 Å². The van der Waals surface area contributed by atoms with Gasteiger partial charge in [-0.15, -0.1) is 10.2 Å². The predicted molar refractivity (Wildman–Crippen MR) is 123 cm³/mol. The summed E-state index contributed by atoms with van der Waals surface area (Å²) in [7, 11) is 0. The summed E-state index contributed by atoms with van der Waals surface area (Å²) < 4.78 is 35.0. The summed E-state index contributed by atoms with van der Waals surface area (Å²) in [6.45, 7) is 1.64. The summed E-state index contributed by atoms with van der Waals surface area (Å²) in [6, 6.07) is 20.0. The Bertz CT molecular complexity index is 1260. The molecular formula is C24H20F2N4O2S. The Morgan fingerprint density at radius 2 is 1.76 bits per heavy atom. The Morgan fingerprint density at radius 1 is 1.00 bits per heavy atom. The number of thioether (sulfide) groups is 1. The van der Waals surface area contributed by atoms with Crippen LogP contribution in [-0.2, 0) is 11.4 Å². The highest BCUT2D eigenvalue weighted by Crippen LogP contribution is 2.24. The zero-order valence-electron chi connectivity index (χ0n) is 17.7. The van der Waals surface area contributed by atoms with Crippen LogP contribution in [0, 0.1) is 18.6 Å². The first-order valence-corrected chi connectivity index (χ1v) is 11.1. The molecule has 0 aliphatic carbocycles. The van der Waals surface area contributed by atoms with Gasteiger partial charge in [-0.2, -0.15) is 0 Å². The summed E-state index contributed by atoms with van der Waals surface area (Å²) >= 11 is 1.18. The van der Waals surface area contributed by atoms with Crippen LogP contribution in [0.2, 0.25) is 0 Å². The van der Waals surface area contributed by atoms with Crippen LogP contribution in [0.5, 0.6) is 5.75 Å². The molecule has 1 N–H and O–H groups in total. The molecule has 0 unspecified atom stereocenters. The second-order valence-electron chi connectivity index (χ2n) is 7.09. The first-order valence-electron chi connectivity index (χ1n) is 10.1. The fourth-order valence-electron chi connectivity index (χ4n) is 3.03. The number of carbonyl (C=O) groups excluding carboxylic acids is 1. The first-order chi connectivity index (χ1) is 16.0. The number of carbonyl (C=O) groups is 1. The average Bonchev–Trinajstić information content (AvgIpc) is 3.23. The van der Waals surface area contributed by atoms with Crippen LogP contribution in [0.15, 0.2) is 78.0 Å². The highest BCUT2D eigenvalue weighted by atomic mass is 32.2. The van der Waals surface area contributed by atoms with Crippen LogP contribution in [0.4, 0.5) is 14.5 Å². The number of rotatable bonds is 8. The van der Waals surface area contributed by atoms with E-state index in [2.05, 4.69) is 15.5 Å². The Hall–Kier alpha value is -3.72. The number of nitrogens with zero attached hydrogens (tertiary/aromatic N) is 3. The zero-order valence-corrected chi connectivity index (χ0v) is 18.5. The van der Waals surface area contributed by atoms with Gasteiger partial charge in [0.25, 0.3) is 0 Å². The van der Waals surface area contributed by atoms with E-state index in [0.717, 1.165) is 5.69 Å². The molecule has 1 heterocycles. The van der Waals surface area contributed by atoms with Crippen LogP contribution >= 0.6 is 11.8 Å². The van der Waals surface area contributed by atoms with Crippen molar-refractivity contribution in [1.29, 1.82) is 0 Å². The topological polar surface area (TPSA) is 69.0 Å². The standard InChI is InChI=1S/C24H20F2N4O2S/c1-16-11-12-17(13-20(16)26)27-23(31)15-33-24-29-28-22(30(24)18-7-3-2-4-8-18)14-32-21-10-6-5-9-19(21)25/h2-13H,14-15H2,1H3,(H,27,31). The Morgan fingerprint density at radius 3 is 2.52 bits per heavy atom. The van der Waals surface area contributed by atoms with Gasteiger partial charge in [0.2, 0.25) is 5.91 Å². The number of anilines is 1. The van der Waals surface area contributed by atoms with E-state index in [1.54, 1.807) is 35.8 Å². The first kappa shape index (κ1) is 22.5. The number of amides is 1. The minimum Gasteiger partial charge on any atom is -0.483 e. The third-order valence-electron chi connectivity index (χ3n) is 4.70. The van der Waals surface area contributed by atoms with E-state index < -0.39 is 5.82 Å². The summed E-state index contributed by atoms with van der Waals surface area (Å²) in [5, 5.41) is 11.5. The van der Waals surface area contributed by atoms with E-state index in [0.29, 0.717) is 22.2 Å². The Kier molecular flexibility index (Phi) is 6.99. The molecule has 1 aromatic heterocycles. The van der Waals surface area contributed by atoms with Gasteiger partial charge in [-0.3, -0.25) is 9.36 Å². The van der Waals surface area contributed by atoms with Gasteiger partial charge in [-0.05, 0) is 48.9 Å². The fourth-order valence-corrected chi connectivity index (χ4v) is 3.80. The van der Waals surface area contributed by atoms with Crippen molar-refractivity contribution in [3.63, 3.8) is 0 Å². The number of benzene rings is 3. The van der Waals surface area contributed by atoms with Crippen LogP contribution in [0.1, 0.15) is 11.4 Å². The number of hydrogen-bond acceptors (Lipinski definition) is 5. The maximum absolute atomic E-state index is 13.9. The normalized spacial score (nSPS) is 10.8. The van der Waals surface area contributed by atoms with Crippen molar-refractivity contribution in [2.24, 2.45) is 0 Å². The number of hydrogen-bond donors (Lipinski definition) is 1. The van der Waals surface area contributed by atoms with Crippen LogP contribution < -0.4 is 10.1 Å². The molecule has 9 heteroatoms. The molecule has 1 amide bonds. The molecule has 4 aromatic rings. The summed E-state index contributed by atoms with van der Waals surface area (Å²) in [4.78, 5) is 12.4. The maximum Gasteiger partial charge on any atom is 0.234 e. The number of aromatic nitrogens is 3. The molecule has 3 aromatic carbocycles. The van der Waals surface area contributed by atoms with Crippen molar-refractivity contribution >= 4 is 23.4 Å². The number of para-hydroxylation sites is 2. The Balaban J connectivity index is 1.49. The monoisotopic (exact) mass is 466 g/mol. The number of aryl methyl sites for hydroxylation is 1. The van der Waals surface area contributed by atoms with Gasteiger partial charge in [0.1, 0.15) is 12.4 Å². The van der Waals surface area contributed by atoms with Crippen LogP contribution in [0.25, 0.3) is 5.69 Å². The number of nitrogens with one attached hydrogen (secondary N) is 1. The van der Waals surface area contributed by atoms with E-state index in [9.17, 15) is 13.6 Å². The van der Waals surface area contributed by atoms with Gasteiger partial charge in [0, 0.05) is 11.4 Å². The molecule has 0 radical (unpaired) electrons. The van der Waals surface area contributed by atoms with E-state index in [4.69, 9.17) is 4.74 Å². The molecule has 0 aliphatic heterocycles. The van der Waals surface area contributed by atoms with Crippen LogP contribution in [0.3, 0.4) is 0 Å². The molecule has 0 aliphatic rings. The molecule has 0 saturated carbocycles. The van der Waals surface area contributed by atoms with Gasteiger partial charge in [0.05, 0.1) is 5.75 Å². The maximum atomic E-state index is 13.9. The zero-order chi connectivity index (χ0) is 23.2. The third-order valence-corrected chi connectivity index (χ3v) is 5.63. The lowest BCUT2D eigenvalue weighted by atomic mass is 10.2. The number of ether oxygens (including phenoxy) is 1. The fraction of sp³-hybridized carbons (Fsp3) is 0.125. The largest absolute Gasteiger partial charge is 0.483 e. The summed E-state index contributed by atoms with van der Waals surface area (Å²) in [5.74, 6) is -0.567. The lowest BCUT2D eigenvalue weighted by Gasteiger charge is -2.11. The SMILES string of the molecule is Cc1ccc(NC(=O)CSc2nnc(COc3ccccc3F)n2-c2ccccc2)cc1F. The van der Waals surface area contributed by atoms with Crippen molar-refractivity contribution < 1.29 is 18.3 Å². The summed E-state index contributed by atoms with van der Waals surface area (Å²) in [6.07, 6.45) is 0. The highest BCUT2D eigenvalue weighted by molar-refractivity contribution is 7.99. The average molecular weight is 467 g/mol. The molecule has 0 bridgehead atoms. The smallest absolute Gasteiger partial charge is 0.234 e. The lowest BCUT2D eigenvalue weighted by molar-refractivity contribution is -0.113. The molecule has 0 spiro atoms. The molecule has 4 rings (SSSR count).